The Morgan fingerprint density at radius 1 is 1.45 bits per heavy atom. The monoisotopic (exact) mass is 181 g/mol. The van der Waals surface area contributed by atoms with Crippen molar-refractivity contribution in [3.63, 3.8) is 0 Å². The molecule has 1 aliphatic carbocycles. The number of rotatable bonds is 3. The highest BCUT2D eigenvalue weighted by atomic mass is 32.3. The number of carbonyl (C=O) groups is 1. The minimum atomic E-state index is -2.76. The summed E-state index contributed by atoms with van der Waals surface area (Å²) >= 11 is 0. The van der Waals surface area contributed by atoms with Crippen LogP contribution in [-0.4, -0.2) is 20.8 Å². The molecule has 0 heterocycles. The van der Waals surface area contributed by atoms with Gasteiger partial charge in [-0.05, 0) is 12.8 Å². The van der Waals surface area contributed by atoms with Crippen LogP contribution in [0.15, 0.2) is 0 Å². The summed E-state index contributed by atoms with van der Waals surface area (Å²) in [5.41, 5.74) is 0. The van der Waals surface area contributed by atoms with E-state index in [0.29, 0.717) is 6.41 Å². The summed E-state index contributed by atoms with van der Waals surface area (Å²) in [6.07, 6.45) is 1.94. The zero-order valence-electron chi connectivity index (χ0n) is 6.78. The van der Waals surface area contributed by atoms with E-state index in [9.17, 15) is 4.79 Å². The third kappa shape index (κ3) is 3.60. The van der Waals surface area contributed by atoms with Crippen molar-refractivity contribution in [3.8, 4) is 0 Å². The highest BCUT2D eigenvalue weighted by Gasteiger charge is 2.35. The Balaban J connectivity index is 0.000000461. The normalized spacial score (nSPS) is 17.8. The van der Waals surface area contributed by atoms with E-state index in [1.807, 2.05) is 18.6 Å². The number of carbonyl (C=O) groups excluding carboxylic acids is 1. The van der Waals surface area contributed by atoms with E-state index >= 15 is 0 Å². The van der Waals surface area contributed by atoms with E-state index in [0.717, 1.165) is 12.8 Å². The lowest BCUT2D eigenvalue weighted by atomic mass is 11.0. The van der Waals surface area contributed by atoms with Gasteiger partial charge in [0.25, 0.3) is 0 Å². The van der Waals surface area contributed by atoms with E-state index in [4.69, 9.17) is 9.11 Å². The van der Waals surface area contributed by atoms with Crippen molar-refractivity contribution in [1.82, 2.24) is 4.72 Å². The number of nitrogens with one attached hydrogen (secondary N) is 1. The average Bonchev–Trinajstić information content (AvgIpc) is 2.72. The molecule has 1 rings (SSSR count). The lowest BCUT2D eigenvalue weighted by Crippen LogP contribution is -2.21. The van der Waals surface area contributed by atoms with Gasteiger partial charge in [-0.3, -0.25) is 18.6 Å². The van der Waals surface area contributed by atoms with Crippen molar-refractivity contribution in [3.05, 3.63) is 0 Å². The molecule has 0 bridgehead atoms. The maximum atomic E-state index is 9.74. The molecule has 0 aromatic carbocycles. The largest absolute Gasteiger partial charge is 0.282 e. The third-order valence-electron chi connectivity index (χ3n) is 1.21. The van der Waals surface area contributed by atoms with Gasteiger partial charge >= 0.3 is 0 Å². The summed E-state index contributed by atoms with van der Waals surface area (Å²) < 4.78 is 19.9. The molecule has 0 radical (unpaired) electrons. The van der Waals surface area contributed by atoms with Gasteiger partial charge in [0.05, 0.1) is 5.25 Å². The second-order valence-electron chi connectivity index (χ2n) is 2.03. The van der Waals surface area contributed by atoms with E-state index in [-0.39, 0.29) is 5.25 Å². The maximum absolute atomic E-state index is 9.74. The van der Waals surface area contributed by atoms with Crippen molar-refractivity contribution in [2.24, 2.45) is 0 Å². The summed E-state index contributed by atoms with van der Waals surface area (Å²) in [5, 5.41) is -0.0808. The number of amides is 1. The van der Waals surface area contributed by atoms with Crippen LogP contribution in [0.4, 0.5) is 0 Å². The molecule has 0 aromatic heterocycles. The van der Waals surface area contributed by atoms with Gasteiger partial charge in [0, 0.05) is 0 Å². The summed E-state index contributed by atoms with van der Waals surface area (Å²) in [6.45, 7) is 4.00. The van der Waals surface area contributed by atoms with E-state index < -0.39 is 10.8 Å². The Labute approximate surface area is 68.5 Å². The standard InChI is InChI=1S/C4H9NO3S.C2H6/c6-3-5-9(7,8)4-1-2-4;1-2/h3-4,7-8H,1-2H2,(H,5,6);1-2H3. The van der Waals surface area contributed by atoms with Gasteiger partial charge in [-0.1, -0.05) is 13.8 Å². The molecule has 0 spiro atoms. The van der Waals surface area contributed by atoms with Crippen LogP contribution in [0.25, 0.3) is 0 Å². The van der Waals surface area contributed by atoms with Crippen LogP contribution in [0.2, 0.25) is 0 Å². The van der Waals surface area contributed by atoms with Gasteiger partial charge in [0.15, 0.2) is 0 Å². The smallest absolute Gasteiger partial charge is 0.225 e. The molecule has 0 saturated heterocycles. The quantitative estimate of drug-likeness (QED) is 0.579. The Hall–Kier alpha value is -0.260. The van der Waals surface area contributed by atoms with Gasteiger partial charge < -0.3 is 0 Å². The summed E-state index contributed by atoms with van der Waals surface area (Å²) in [4.78, 5) is 9.74. The Morgan fingerprint density at radius 2 is 1.91 bits per heavy atom. The Bertz CT molecular complexity index is 125. The molecule has 0 atom stereocenters. The van der Waals surface area contributed by atoms with Gasteiger partial charge in [0.1, 0.15) is 0 Å². The van der Waals surface area contributed by atoms with E-state index in [2.05, 4.69) is 0 Å². The lowest BCUT2D eigenvalue weighted by Gasteiger charge is -2.30. The first-order chi connectivity index (χ1) is 5.17. The van der Waals surface area contributed by atoms with Crippen LogP contribution in [0, 0.1) is 0 Å². The molecule has 1 aliphatic rings. The van der Waals surface area contributed by atoms with Crippen LogP contribution in [0.3, 0.4) is 0 Å². The molecule has 1 fully saturated rings. The first kappa shape index (κ1) is 10.7. The van der Waals surface area contributed by atoms with E-state index in [1.165, 1.54) is 0 Å². The second-order valence-corrected chi connectivity index (χ2v) is 4.12. The SMILES string of the molecule is CC.O=CNS(O)(O)C1CC1. The fourth-order valence-corrected chi connectivity index (χ4v) is 1.69. The van der Waals surface area contributed by atoms with Gasteiger partial charge in [-0.15, -0.1) is 10.8 Å². The molecule has 4 nitrogen and oxygen atoms in total. The maximum Gasteiger partial charge on any atom is 0.225 e. The van der Waals surface area contributed by atoms with Crippen molar-refractivity contribution < 1.29 is 13.9 Å². The molecular weight excluding hydrogens is 166 g/mol. The van der Waals surface area contributed by atoms with Crippen LogP contribution >= 0.6 is 10.8 Å². The van der Waals surface area contributed by atoms with Crippen LogP contribution < -0.4 is 4.72 Å². The lowest BCUT2D eigenvalue weighted by molar-refractivity contribution is -0.108. The Kier molecular flexibility index (Phi) is 4.48. The van der Waals surface area contributed by atoms with E-state index in [1.54, 1.807) is 0 Å². The first-order valence-electron chi connectivity index (χ1n) is 3.65. The Morgan fingerprint density at radius 3 is 2.18 bits per heavy atom. The predicted molar refractivity (Wildman–Crippen MR) is 46.4 cm³/mol. The topological polar surface area (TPSA) is 69.6 Å². The predicted octanol–water partition coefficient (Wildman–Crippen LogP) is 1.59. The van der Waals surface area contributed by atoms with Crippen LogP contribution in [0.5, 0.6) is 0 Å². The highest BCUT2D eigenvalue weighted by Crippen LogP contribution is 2.51. The number of hydrogen-bond acceptors (Lipinski definition) is 3. The average molecular weight is 181 g/mol. The summed E-state index contributed by atoms with van der Waals surface area (Å²) in [6, 6.07) is 0. The summed E-state index contributed by atoms with van der Waals surface area (Å²) in [5.74, 6) is 0. The fraction of sp³-hybridized carbons (Fsp3) is 0.833. The third-order valence-corrected chi connectivity index (χ3v) is 3.05. The van der Waals surface area contributed by atoms with Gasteiger partial charge in [0.2, 0.25) is 6.41 Å². The molecule has 3 N–H and O–H groups in total. The van der Waals surface area contributed by atoms with Gasteiger partial charge in [-0.2, -0.15) is 0 Å². The van der Waals surface area contributed by atoms with Crippen molar-refractivity contribution in [2.45, 2.75) is 31.9 Å². The first-order valence-corrected chi connectivity index (χ1v) is 5.26. The highest BCUT2D eigenvalue weighted by molar-refractivity contribution is 8.23. The zero-order valence-corrected chi connectivity index (χ0v) is 7.60. The van der Waals surface area contributed by atoms with Crippen LogP contribution in [0.1, 0.15) is 26.7 Å². The van der Waals surface area contributed by atoms with Crippen molar-refractivity contribution >= 4 is 17.2 Å². The summed E-state index contributed by atoms with van der Waals surface area (Å²) in [7, 11) is -2.76. The fourth-order valence-electron chi connectivity index (χ4n) is 0.564. The minimum absolute atomic E-state index is 0.0808. The second kappa shape index (κ2) is 4.58. The molecule has 68 valence electrons. The van der Waals surface area contributed by atoms with Crippen molar-refractivity contribution in [2.75, 3.05) is 0 Å². The molecule has 0 aliphatic heterocycles. The molecule has 0 aromatic rings. The van der Waals surface area contributed by atoms with Gasteiger partial charge in [-0.25, -0.2) is 0 Å². The van der Waals surface area contributed by atoms with Crippen molar-refractivity contribution in [1.29, 1.82) is 0 Å². The zero-order chi connectivity index (χ0) is 8.91. The molecule has 5 heteroatoms. The minimum Gasteiger partial charge on any atom is -0.282 e. The molecular formula is C6H15NO3S. The molecule has 11 heavy (non-hydrogen) atoms. The van der Waals surface area contributed by atoms with Crippen LogP contribution in [-0.2, 0) is 4.79 Å². The number of hydrogen-bond donors (Lipinski definition) is 3. The molecule has 1 amide bonds. The molecule has 1 saturated carbocycles. The molecule has 0 unspecified atom stereocenters.